The van der Waals surface area contributed by atoms with Gasteiger partial charge in [0, 0.05) is 30.6 Å². The van der Waals surface area contributed by atoms with E-state index in [4.69, 9.17) is 4.74 Å². The highest BCUT2D eigenvalue weighted by Gasteiger charge is 2.07. The molecule has 3 aromatic rings. The first kappa shape index (κ1) is 17.3. The van der Waals surface area contributed by atoms with Crippen molar-refractivity contribution in [3.8, 4) is 17.0 Å². The summed E-state index contributed by atoms with van der Waals surface area (Å²) in [6.45, 7) is 0.272. The number of pyridine rings is 1. The van der Waals surface area contributed by atoms with Gasteiger partial charge in [-0.3, -0.25) is 19.1 Å². The molecule has 26 heavy (non-hydrogen) atoms. The number of hydrogen-bond acceptors (Lipinski definition) is 5. The van der Waals surface area contributed by atoms with E-state index in [1.54, 1.807) is 37.7 Å². The fourth-order valence-corrected chi connectivity index (χ4v) is 2.38. The Kier molecular flexibility index (Phi) is 5.38. The summed E-state index contributed by atoms with van der Waals surface area (Å²) in [5, 5.41) is 2.75. The van der Waals surface area contributed by atoms with Crippen LogP contribution in [-0.4, -0.2) is 27.6 Å². The highest BCUT2D eigenvalue weighted by molar-refractivity contribution is 5.75. The Labute approximate surface area is 150 Å². The van der Waals surface area contributed by atoms with Crippen molar-refractivity contribution in [2.45, 2.75) is 13.1 Å². The molecule has 0 bridgehead atoms. The van der Waals surface area contributed by atoms with Gasteiger partial charge in [0.1, 0.15) is 12.3 Å². The number of ether oxygens (including phenoxy) is 1. The van der Waals surface area contributed by atoms with E-state index in [0.717, 1.165) is 16.9 Å². The molecule has 2 aromatic heterocycles. The molecule has 7 heteroatoms. The van der Waals surface area contributed by atoms with Crippen molar-refractivity contribution in [3.05, 3.63) is 77.1 Å². The number of aromatic nitrogens is 3. The minimum absolute atomic E-state index is 0.0883. The average Bonchev–Trinajstić information content (AvgIpc) is 2.69. The highest BCUT2D eigenvalue weighted by atomic mass is 16.5. The van der Waals surface area contributed by atoms with Crippen LogP contribution in [-0.2, 0) is 17.9 Å². The summed E-state index contributed by atoms with van der Waals surface area (Å²) in [7, 11) is 1.59. The minimum Gasteiger partial charge on any atom is -0.497 e. The van der Waals surface area contributed by atoms with Gasteiger partial charge in [-0.05, 0) is 35.9 Å². The summed E-state index contributed by atoms with van der Waals surface area (Å²) in [5.74, 6) is 0.460. The molecular formula is C19H18N4O3. The maximum absolute atomic E-state index is 12.3. The predicted molar refractivity (Wildman–Crippen MR) is 96.6 cm³/mol. The zero-order valence-electron chi connectivity index (χ0n) is 14.3. The van der Waals surface area contributed by atoms with Gasteiger partial charge in [-0.2, -0.15) is 0 Å². The zero-order chi connectivity index (χ0) is 18.4. The van der Waals surface area contributed by atoms with E-state index in [9.17, 15) is 9.59 Å². The number of nitrogens with zero attached hydrogens (tertiary/aromatic N) is 3. The maximum Gasteiger partial charge on any atom is 0.254 e. The number of nitrogens with one attached hydrogen (secondary N) is 1. The summed E-state index contributed by atoms with van der Waals surface area (Å²) in [6.07, 6.45) is 4.73. The topological polar surface area (TPSA) is 86.1 Å². The number of methoxy groups -OCH3 is 1. The third-order valence-electron chi connectivity index (χ3n) is 3.79. The van der Waals surface area contributed by atoms with E-state index in [1.807, 2.05) is 18.2 Å². The van der Waals surface area contributed by atoms with Gasteiger partial charge < -0.3 is 10.1 Å². The number of carbonyl (C=O) groups excluding carboxylic acids is 1. The average molecular weight is 350 g/mol. The zero-order valence-corrected chi connectivity index (χ0v) is 14.3. The van der Waals surface area contributed by atoms with Crippen LogP contribution in [0.2, 0.25) is 0 Å². The first-order chi connectivity index (χ1) is 12.7. The van der Waals surface area contributed by atoms with Gasteiger partial charge in [0.05, 0.1) is 19.1 Å². The third kappa shape index (κ3) is 4.32. The molecule has 0 saturated carbocycles. The number of benzene rings is 1. The van der Waals surface area contributed by atoms with Gasteiger partial charge in [0.15, 0.2) is 0 Å². The van der Waals surface area contributed by atoms with Crippen molar-refractivity contribution in [3.63, 3.8) is 0 Å². The van der Waals surface area contributed by atoms with E-state index >= 15 is 0 Å². The van der Waals surface area contributed by atoms with Gasteiger partial charge in [0.25, 0.3) is 5.56 Å². The van der Waals surface area contributed by atoms with E-state index in [-0.39, 0.29) is 18.0 Å². The fourth-order valence-electron chi connectivity index (χ4n) is 2.38. The minimum atomic E-state index is -0.289. The van der Waals surface area contributed by atoms with E-state index in [1.165, 1.54) is 17.0 Å². The molecule has 0 aliphatic carbocycles. The molecule has 0 unspecified atom stereocenters. The highest BCUT2D eigenvalue weighted by Crippen LogP contribution is 2.19. The summed E-state index contributed by atoms with van der Waals surface area (Å²) in [6, 6.07) is 12.3. The van der Waals surface area contributed by atoms with Crippen LogP contribution in [0.5, 0.6) is 5.75 Å². The van der Waals surface area contributed by atoms with Gasteiger partial charge in [-0.15, -0.1) is 0 Å². The van der Waals surface area contributed by atoms with Gasteiger partial charge in [-0.1, -0.05) is 6.07 Å². The Morgan fingerprint density at radius 1 is 1.23 bits per heavy atom. The van der Waals surface area contributed by atoms with E-state index < -0.39 is 0 Å². The van der Waals surface area contributed by atoms with Crippen LogP contribution in [0.3, 0.4) is 0 Å². The molecule has 7 nitrogen and oxygen atoms in total. The number of amides is 1. The lowest BCUT2D eigenvalue weighted by Gasteiger charge is -2.08. The maximum atomic E-state index is 12.3. The molecular weight excluding hydrogens is 332 g/mol. The molecule has 1 amide bonds. The lowest BCUT2D eigenvalue weighted by molar-refractivity contribution is -0.121. The first-order valence-corrected chi connectivity index (χ1v) is 8.02. The molecule has 1 N–H and O–H groups in total. The molecule has 0 aliphatic rings. The summed E-state index contributed by atoms with van der Waals surface area (Å²) in [4.78, 5) is 32.5. The number of hydrogen-bond donors (Lipinski definition) is 1. The van der Waals surface area contributed by atoms with Crippen LogP contribution in [0.1, 0.15) is 5.56 Å². The van der Waals surface area contributed by atoms with Gasteiger partial charge >= 0.3 is 0 Å². The Balaban J connectivity index is 1.65. The fraction of sp³-hybridized carbons (Fsp3) is 0.158. The molecule has 0 fully saturated rings. The number of carbonyl (C=O) groups is 1. The molecule has 2 heterocycles. The molecule has 132 valence electrons. The van der Waals surface area contributed by atoms with Crippen molar-refractivity contribution < 1.29 is 9.53 Å². The molecule has 0 radical (unpaired) electrons. The van der Waals surface area contributed by atoms with Gasteiger partial charge in [0.2, 0.25) is 5.91 Å². The monoisotopic (exact) mass is 350 g/mol. The van der Waals surface area contributed by atoms with Crippen LogP contribution >= 0.6 is 0 Å². The van der Waals surface area contributed by atoms with Crippen LogP contribution in [0.4, 0.5) is 0 Å². The molecule has 0 atom stereocenters. The smallest absolute Gasteiger partial charge is 0.254 e. The number of rotatable bonds is 6. The SMILES string of the molecule is COc1ccc(-c2cc(=O)n(CC(=O)NCc3cccnc3)cn2)cc1. The first-order valence-electron chi connectivity index (χ1n) is 8.02. The normalized spacial score (nSPS) is 10.3. The standard InChI is InChI=1S/C19H18N4O3/c1-26-16-6-4-15(5-7-16)17-9-19(25)23(13-22-17)12-18(24)21-11-14-3-2-8-20-10-14/h2-10,13H,11-12H2,1H3,(H,21,24). The lowest BCUT2D eigenvalue weighted by Crippen LogP contribution is -2.31. The Bertz CT molecular complexity index is 937. The Morgan fingerprint density at radius 2 is 2.04 bits per heavy atom. The van der Waals surface area contributed by atoms with Crippen LogP contribution in [0.15, 0.2) is 66.0 Å². The molecule has 3 rings (SSSR count). The quantitative estimate of drug-likeness (QED) is 0.730. The second-order valence-corrected chi connectivity index (χ2v) is 5.61. The van der Waals surface area contributed by atoms with E-state index in [0.29, 0.717) is 12.2 Å². The molecule has 0 spiro atoms. The van der Waals surface area contributed by atoms with Crippen LogP contribution in [0, 0.1) is 0 Å². The van der Waals surface area contributed by atoms with E-state index in [2.05, 4.69) is 15.3 Å². The summed E-state index contributed by atoms with van der Waals surface area (Å²) in [5.41, 5.74) is 1.95. The second-order valence-electron chi connectivity index (χ2n) is 5.61. The van der Waals surface area contributed by atoms with Crippen LogP contribution < -0.4 is 15.6 Å². The van der Waals surface area contributed by atoms with Crippen molar-refractivity contribution in [1.29, 1.82) is 0 Å². The largest absolute Gasteiger partial charge is 0.497 e. The summed E-state index contributed by atoms with van der Waals surface area (Å²) < 4.78 is 6.38. The Hall–Kier alpha value is -3.48. The second kappa shape index (κ2) is 8.06. The molecule has 1 aromatic carbocycles. The van der Waals surface area contributed by atoms with Crippen molar-refractivity contribution >= 4 is 5.91 Å². The molecule has 0 saturated heterocycles. The van der Waals surface area contributed by atoms with Crippen molar-refractivity contribution in [2.75, 3.05) is 7.11 Å². The lowest BCUT2D eigenvalue weighted by atomic mass is 10.1. The molecule has 0 aliphatic heterocycles. The Morgan fingerprint density at radius 3 is 2.69 bits per heavy atom. The van der Waals surface area contributed by atoms with Crippen molar-refractivity contribution in [2.24, 2.45) is 0 Å². The predicted octanol–water partition coefficient (Wildman–Crippen LogP) is 1.63. The third-order valence-corrected chi connectivity index (χ3v) is 3.79. The van der Waals surface area contributed by atoms with Gasteiger partial charge in [-0.25, -0.2) is 4.98 Å². The van der Waals surface area contributed by atoms with Crippen molar-refractivity contribution in [1.82, 2.24) is 19.9 Å². The summed E-state index contributed by atoms with van der Waals surface area (Å²) >= 11 is 0. The van der Waals surface area contributed by atoms with Crippen LogP contribution in [0.25, 0.3) is 11.3 Å².